The summed E-state index contributed by atoms with van der Waals surface area (Å²) in [6.45, 7) is 3.84. The van der Waals surface area contributed by atoms with E-state index in [9.17, 15) is 19.5 Å². The van der Waals surface area contributed by atoms with Crippen LogP contribution in [-0.2, 0) is 26.2 Å². The van der Waals surface area contributed by atoms with Gasteiger partial charge in [-0.3, -0.25) is 28.8 Å². The van der Waals surface area contributed by atoms with Gasteiger partial charge in [-0.05, 0) is 128 Å². The Morgan fingerprint density at radius 2 is 1.56 bits per heavy atom. The van der Waals surface area contributed by atoms with Crippen molar-refractivity contribution in [3.05, 3.63) is 125 Å². The summed E-state index contributed by atoms with van der Waals surface area (Å²) in [5, 5.41) is 25.9. The summed E-state index contributed by atoms with van der Waals surface area (Å²) in [7, 11) is 5.65. The maximum absolute atomic E-state index is 15.1. The monoisotopic (exact) mass is 863 g/mol. The number of thiophene rings is 1. The maximum Gasteiger partial charge on any atom is 0.242 e. The second-order valence-electron chi connectivity index (χ2n) is 17.1. The van der Waals surface area contributed by atoms with Crippen LogP contribution in [0.25, 0.3) is 20.7 Å². The van der Waals surface area contributed by atoms with E-state index in [1.807, 2.05) is 87.4 Å². The molecule has 10 rings (SSSR count). The van der Waals surface area contributed by atoms with E-state index in [1.165, 1.54) is 9.80 Å². The number of phenolic OH excluding ortho intramolecular Hbond substituents is 1. The van der Waals surface area contributed by atoms with Gasteiger partial charge < -0.3 is 10.0 Å². The Bertz CT molecular complexity index is 2940. The van der Waals surface area contributed by atoms with E-state index < -0.39 is 35.0 Å². The van der Waals surface area contributed by atoms with E-state index in [0.29, 0.717) is 45.6 Å². The molecule has 2 saturated heterocycles. The SMILES string of the molecule is Cc1c(-c2cc(N3C(=O)C4CC5C(=CCC6C(=O)N(c7ccc(N=Nc8ccc(N(C)C)cc8)cc7)C(=O)C65)C(c5cccc(O)c5)C4(C)C3=O)n(C)n2)sc2ccc(Cl)cc12. The molecule has 12 nitrogen and oxygen atoms in total. The lowest BCUT2D eigenvalue weighted by Gasteiger charge is -2.49. The van der Waals surface area contributed by atoms with Gasteiger partial charge in [-0.15, -0.1) is 11.3 Å². The van der Waals surface area contributed by atoms with E-state index in [-0.39, 0.29) is 35.8 Å². The number of amides is 4. The zero-order valence-corrected chi connectivity index (χ0v) is 36.2. The molecular weight excluding hydrogens is 822 g/mol. The predicted octanol–water partition coefficient (Wildman–Crippen LogP) is 9.89. The van der Waals surface area contributed by atoms with Crippen molar-refractivity contribution in [1.82, 2.24) is 9.78 Å². The summed E-state index contributed by atoms with van der Waals surface area (Å²) in [6, 6.07) is 28.8. The Labute approximate surface area is 366 Å². The van der Waals surface area contributed by atoms with Gasteiger partial charge in [0.05, 0.1) is 45.1 Å². The second-order valence-corrected chi connectivity index (χ2v) is 18.6. The number of anilines is 3. The van der Waals surface area contributed by atoms with Gasteiger partial charge in [-0.1, -0.05) is 35.4 Å². The van der Waals surface area contributed by atoms with Gasteiger partial charge in [0.1, 0.15) is 17.3 Å². The van der Waals surface area contributed by atoms with Crippen LogP contribution >= 0.6 is 22.9 Å². The number of carbonyl (C=O) groups is 4. The fourth-order valence-corrected chi connectivity index (χ4v) is 11.7. The number of nitrogens with zero attached hydrogens (tertiary/aromatic N) is 7. The topological polar surface area (TPSA) is 141 Å². The Kier molecular flexibility index (Phi) is 9.34. The van der Waals surface area contributed by atoms with Crippen molar-refractivity contribution in [3.8, 4) is 16.3 Å². The maximum atomic E-state index is 15.1. The Morgan fingerprint density at radius 1 is 0.855 bits per heavy atom. The van der Waals surface area contributed by atoms with Gasteiger partial charge in [0.25, 0.3) is 0 Å². The van der Waals surface area contributed by atoms with Crippen LogP contribution in [0, 0.1) is 36.0 Å². The molecule has 2 aliphatic carbocycles. The number of aryl methyl sites for hydroxylation is 2. The number of hydrogen-bond donors (Lipinski definition) is 1. The van der Waals surface area contributed by atoms with Crippen LogP contribution in [0.5, 0.6) is 5.75 Å². The Morgan fingerprint density at radius 3 is 2.26 bits per heavy atom. The van der Waals surface area contributed by atoms with E-state index in [4.69, 9.17) is 16.7 Å². The molecule has 4 aromatic carbocycles. The lowest BCUT2D eigenvalue weighted by atomic mass is 9.51. The average molecular weight is 864 g/mol. The molecule has 0 radical (unpaired) electrons. The van der Waals surface area contributed by atoms with E-state index in [1.54, 1.807) is 71.6 Å². The van der Waals surface area contributed by atoms with Crippen LogP contribution in [0.15, 0.2) is 119 Å². The number of allylic oxidation sites excluding steroid dienone is 2. The molecule has 14 heteroatoms. The number of imide groups is 2. The minimum atomic E-state index is -1.28. The third-order valence-corrected chi connectivity index (χ3v) is 15.0. The molecule has 312 valence electrons. The minimum absolute atomic E-state index is 0.0208. The summed E-state index contributed by atoms with van der Waals surface area (Å²) < 4.78 is 2.62. The Balaban J connectivity index is 0.981. The molecule has 6 unspecified atom stereocenters. The molecule has 2 aliphatic heterocycles. The van der Waals surface area contributed by atoms with Crippen molar-refractivity contribution >= 4 is 85.2 Å². The standard InChI is InChI=1S/C48H42ClN7O5S/c1-25-35-22-27(49)9-20-39(35)62-43(25)38-24-40(54(5)52-38)56-45(59)37-23-36-33(42(48(37,2)47(56)61)26-7-6-8-32(57)21-26)18-19-34-41(36)46(60)55(44(34)58)31-16-12-29(13-17-31)51-50-28-10-14-30(15-11-28)53(3)4/h6-18,20-22,24,34,36-37,41-42,57H,19,23H2,1-5H3. The van der Waals surface area contributed by atoms with Gasteiger partial charge in [-0.2, -0.15) is 15.3 Å². The smallest absolute Gasteiger partial charge is 0.242 e. The van der Waals surface area contributed by atoms with Crippen LogP contribution < -0.4 is 14.7 Å². The number of benzene rings is 4. The molecule has 1 saturated carbocycles. The molecule has 1 N–H and O–H groups in total. The minimum Gasteiger partial charge on any atom is -0.508 e. The molecule has 2 aromatic heterocycles. The first-order valence-corrected chi connectivity index (χ1v) is 21.7. The van der Waals surface area contributed by atoms with E-state index in [2.05, 4.69) is 10.2 Å². The summed E-state index contributed by atoms with van der Waals surface area (Å²) in [5.74, 6) is -4.45. The van der Waals surface area contributed by atoms with Crippen molar-refractivity contribution in [2.45, 2.75) is 32.6 Å². The number of aromatic hydroxyl groups is 1. The molecule has 62 heavy (non-hydrogen) atoms. The van der Waals surface area contributed by atoms with Gasteiger partial charge in [-0.25, -0.2) is 4.90 Å². The molecule has 6 aromatic rings. The fraction of sp³-hybridized carbons (Fsp3) is 0.271. The lowest BCUT2D eigenvalue weighted by Crippen LogP contribution is -2.48. The van der Waals surface area contributed by atoms with Gasteiger partial charge in [0, 0.05) is 48.5 Å². The highest BCUT2D eigenvalue weighted by molar-refractivity contribution is 7.22. The molecule has 6 atom stereocenters. The fourth-order valence-electron chi connectivity index (χ4n) is 10.4. The van der Waals surface area contributed by atoms with Crippen LogP contribution in [-0.4, -0.2) is 52.6 Å². The number of aromatic nitrogens is 2. The number of carbonyl (C=O) groups excluding carboxylic acids is 4. The number of rotatable bonds is 7. The van der Waals surface area contributed by atoms with Gasteiger partial charge in [0.2, 0.25) is 23.6 Å². The molecule has 3 fully saturated rings. The first-order valence-electron chi connectivity index (χ1n) is 20.5. The molecule has 0 spiro atoms. The van der Waals surface area contributed by atoms with Crippen molar-refractivity contribution in [2.24, 2.45) is 46.4 Å². The van der Waals surface area contributed by atoms with Gasteiger partial charge >= 0.3 is 0 Å². The van der Waals surface area contributed by atoms with Crippen molar-refractivity contribution in [2.75, 3.05) is 28.8 Å². The number of fused-ring (bicyclic) bond motifs is 5. The first kappa shape index (κ1) is 39.7. The normalized spacial score (nSPS) is 24.5. The van der Waals surface area contributed by atoms with Crippen molar-refractivity contribution < 1.29 is 24.3 Å². The number of phenols is 1. The van der Waals surface area contributed by atoms with E-state index in [0.717, 1.165) is 31.8 Å². The summed E-state index contributed by atoms with van der Waals surface area (Å²) in [4.78, 5) is 64.5. The molecular formula is C48H42ClN7O5S. The molecule has 4 heterocycles. The third kappa shape index (κ3) is 6.04. The summed E-state index contributed by atoms with van der Waals surface area (Å²) in [6.07, 6.45) is 2.50. The highest BCUT2D eigenvalue weighted by Gasteiger charge is 2.68. The zero-order chi connectivity index (χ0) is 43.4. The predicted molar refractivity (Wildman–Crippen MR) is 240 cm³/mol. The highest BCUT2D eigenvalue weighted by atomic mass is 35.5. The van der Waals surface area contributed by atoms with Crippen LogP contribution in [0.2, 0.25) is 5.02 Å². The number of halogens is 1. The first-order chi connectivity index (χ1) is 29.7. The quantitative estimate of drug-likeness (QED) is 0.0957. The number of azo groups is 1. The third-order valence-electron chi connectivity index (χ3n) is 13.4. The van der Waals surface area contributed by atoms with Crippen molar-refractivity contribution in [1.29, 1.82) is 0 Å². The summed E-state index contributed by atoms with van der Waals surface area (Å²) in [5.41, 5.74) is 4.56. The average Bonchev–Trinajstić information content (AvgIpc) is 3.93. The Hall–Kier alpha value is -6.44. The second kappa shape index (κ2) is 14.6. The van der Waals surface area contributed by atoms with Gasteiger partial charge in [0.15, 0.2) is 0 Å². The van der Waals surface area contributed by atoms with E-state index >= 15 is 4.79 Å². The molecule has 0 bridgehead atoms. The summed E-state index contributed by atoms with van der Waals surface area (Å²) >= 11 is 7.90. The van der Waals surface area contributed by atoms with Crippen LogP contribution in [0.1, 0.15) is 36.8 Å². The van der Waals surface area contributed by atoms with Crippen molar-refractivity contribution in [3.63, 3.8) is 0 Å². The largest absolute Gasteiger partial charge is 0.508 e. The molecule has 4 amide bonds. The van der Waals surface area contributed by atoms with Crippen LogP contribution in [0.4, 0.5) is 28.6 Å². The number of hydrogen-bond acceptors (Lipinski definition) is 10. The zero-order valence-electron chi connectivity index (χ0n) is 34.6. The molecule has 4 aliphatic rings. The lowest BCUT2D eigenvalue weighted by molar-refractivity contribution is -0.131. The highest BCUT2D eigenvalue weighted by Crippen LogP contribution is 2.64. The van der Waals surface area contributed by atoms with Crippen LogP contribution in [0.3, 0.4) is 0 Å².